The van der Waals surface area contributed by atoms with Gasteiger partial charge < -0.3 is 10.1 Å². The maximum absolute atomic E-state index is 10.8. The molecule has 2 rings (SSSR count). The molecule has 1 unspecified atom stereocenters. The molecule has 1 fully saturated rings. The van der Waals surface area contributed by atoms with Crippen LogP contribution in [0.2, 0.25) is 5.15 Å². The molecule has 0 aromatic carbocycles. The fourth-order valence-corrected chi connectivity index (χ4v) is 2.08. The third-order valence-electron chi connectivity index (χ3n) is 2.82. The second-order valence-corrected chi connectivity index (χ2v) is 4.50. The van der Waals surface area contributed by atoms with Crippen molar-refractivity contribution in [3.8, 4) is 0 Å². The van der Waals surface area contributed by atoms with Crippen LogP contribution in [0.15, 0.2) is 12.1 Å². The Morgan fingerprint density at radius 3 is 3.11 bits per heavy atom. The van der Waals surface area contributed by atoms with Gasteiger partial charge in [0, 0.05) is 19.2 Å². The monoisotopic (exact) mass is 271 g/mol. The highest BCUT2D eigenvalue weighted by molar-refractivity contribution is 6.29. The van der Waals surface area contributed by atoms with E-state index < -0.39 is 4.92 Å². The van der Waals surface area contributed by atoms with Crippen molar-refractivity contribution in [3.05, 3.63) is 27.4 Å². The summed E-state index contributed by atoms with van der Waals surface area (Å²) >= 11 is 5.73. The number of rotatable bonds is 5. The smallest absolute Gasteiger partial charge is 0.311 e. The minimum atomic E-state index is -0.474. The molecule has 0 radical (unpaired) electrons. The molecule has 2 heterocycles. The van der Waals surface area contributed by atoms with Crippen LogP contribution in [0.1, 0.15) is 19.3 Å². The molecular formula is C11H14ClN3O3. The summed E-state index contributed by atoms with van der Waals surface area (Å²) < 4.78 is 5.47. The van der Waals surface area contributed by atoms with Crippen LogP contribution in [-0.4, -0.2) is 29.2 Å². The van der Waals surface area contributed by atoms with Gasteiger partial charge in [0.1, 0.15) is 5.15 Å². The van der Waals surface area contributed by atoms with Crippen LogP contribution in [0.5, 0.6) is 0 Å². The van der Waals surface area contributed by atoms with Crippen LogP contribution in [0.4, 0.5) is 11.5 Å². The van der Waals surface area contributed by atoms with Gasteiger partial charge in [-0.2, -0.15) is 0 Å². The van der Waals surface area contributed by atoms with Crippen molar-refractivity contribution in [2.24, 2.45) is 0 Å². The SMILES string of the molecule is O=[N+]([O-])c1ccc(Cl)nc1NCCC1CCCO1. The molecule has 6 nitrogen and oxygen atoms in total. The quantitative estimate of drug-likeness (QED) is 0.506. The third-order valence-corrected chi connectivity index (χ3v) is 3.03. The van der Waals surface area contributed by atoms with Gasteiger partial charge >= 0.3 is 5.69 Å². The lowest BCUT2D eigenvalue weighted by Gasteiger charge is -2.10. The Labute approximate surface area is 109 Å². The van der Waals surface area contributed by atoms with E-state index in [2.05, 4.69) is 10.3 Å². The lowest BCUT2D eigenvalue weighted by molar-refractivity contribution is -0.384. The number of nitro groups is 1. The van der Waals surface area contributed by atoms with E-state index in [0.717, 1.165) is 25.9 Å². The van der Waals surface area contributed by atoms with Gasteiger partial charge in [0.05, 0.1) is 11.0 Å². The van der Waals surface area contributed by atoms with Crippen molar-refractivity contribution in [1.29, 1.82) is 0 Å². The Balaban J connectivity index is 1.94. The van der Waals surface area contributed by atoms with Crippen molar-refractivity contribution in [2.45, 2.75) is 25.4 Å². The fraction of sp³-hybridized carbons (Fsp3) is 0.545. The Kier molecular flexibility index (Phi) is 4.33. The van der Waals surface area contributed by atoms with E-state index in [1.165, 1.54) is 12.1 Å². The van der Waals surface area contributed by atoms with Gasteiger partial charge in [-0.1, -0.05) is 11.6 Å². The number of halogens is 1. The normalized spacial score (nSPS) is 18.8. The molecule has 1 aromatic rings. The second-order valence-electron chi connectivity index (χ2n) is 4.11. The number of nitrogens with zero attached hydrogens (tertiary/aromatic N) is 2. The predicted molar refractivity (Wildman–Crippen MR) is 68.0 cm³/mol. The van der Waals surface area contributed by atoms with Gasteiger partial charge in [0.15, 0.2) is 0 Å². The molecule has 1 N–H and O–H groups in total. The third kappa shape index (κ3) is 3.30. The summed E-state index contributed by atoms with van der Waals surface area (Å²) in [5.74, 6) is 0.213. The van der Waals surface area contributed by atoms with E-state index >= 15 is 0 Å². The summed E-state index contributed by atoms with van der Waals surface area (Å²) in [6.45, 7) is 1.39. The van der Waals surface area contributed by atoms with E-state index in [4.69, 9.17) is 16.3 Å². The Morgan fingerprint density at radius 2 is 2.44 bits per heavy atom. The lowest BCUT2D eigenvalue weighted by atomic mass is 10.2. The number of nitrogens with one attached hydrogen (secondary N) is 1. The number of pyridine rings is 1. The molecule has 7 heteroatoms. The summed E-state index contributed by atoms with van der Waals surface area (Å²) in [4.78, 5) is 14.3. The molecule has 1 aliphatic rings. The minimum Gasteiger partial charge on any atom is -0.378 e. The predicted octanol–water partition coefficient (Wildman–Crippen LogP) is 2.62. The van der Waals surface area contributed by atoms with E-state index in [9.17, 15) is 10.1 Å². The van der Waals surface area contributed by atoms with Crippen molar-refractivity contribution < 1.29 is 9.66 Å². The number of hydrogen-bond donors (Lipinski definition) is 1. The number of hydrogen-bond acceptors (Lipinski definition) is 5. The molecule has 1 atom stereocenters. The highest BCUT2D eigenvalue weighted by atomic mass is 35.5. The van der Waals surface area contributed by atoms with E-state index in [1.807, 2.05) is 0 Å². The van der Waals surface area contributed by atoms with Gasteiger partial charge in [0.25, 0.3) is 0 Å². The van der Waals surface area contributed by atoms with E-state index in [1.54, 1.807) is 0 Å². The Morgan fingerprint density at radius 1 is 1.61 bits per heavy atom. The molecule has 98 valence electrons. The van der Waals surface area contributed by atoms with Crippen LogP contribution in [0, 0.1) is 10.1 Å². The molecule has 1 saturated heterocycles. The van der Waals surface area contributed by atoms with Gasteiger partial charge in [-0.25, -0.2) is 4.98 Å². The van der Waals surface area contributed by atoms with Crippen LogP contribution in [0.3, 0.4) is 0 Å². The van der Waals surface area contributed by atoms with E-state index in [0.29, 0.717) is 6.54 Å². The summed E-state index contributed by atoms with van der Waals surface area (Å²) in [6, 6.07) is 2.76. The topological polar surface area (TPSA) is 77.3 Å². The largest absolute Gasteiger partial charge is 0.378 e. The first-order valence-electron chi connectivity index (χ1n) is 5.83. The zero-order chi connectivity index (χ0) is 13.0. The highest BCUT2D eigenvalue weighted by Crippen LogP contribution is 2.24. The molecule has 0 aliphatic carbocycles. The van der Waals surface area contributed by atoms with Crippen LogP contribution in [-0.2, 0) is 4.74 Å². The second kappa shape index (κ2) is 5.97. The molecule has 0 bridgehead atoms. The van der Waals surface area contributed by atoms with Crippen molar-refractivity contribution in [1.82, 2.24) is 4.98 Å². The molecular weight excluding hydrogens is 258 g/mol. The Bertz CT molecular complexity index is 436. The summed E-state index contributed by atoms with van der Waals surface area (Å²) in [5, 5.41) is 14.0. The maximum Gasteiger partial charge on any atom is 0.311 e. The van der Waals surface area contributed by atoms with E-state index in [-0.39, 0.29) is 22.8 Å². The minimum absolute atomic E-state index is 0.0632. The summed E-state index contributed by atoms with van der Waals surface area (Å²) in [6.07, 6.45) is 3.19. The van der Waals surface area contributed by atoms with Crippen molar-refractivity contribution in [2.75, 3.05) is 18.5 Å². The van der Waals surface area contributed by atoms with Gasteiger partial charge in [-0.15, -0.1) is 0 Å². The van der Waals surface area contributed by atoms with Gasteiger partial charge in [-0.3, -0.25) is 10.1 Å². The number of ether oxygens (including phenoxy) is 1. The molecule has 1 aliphatic heterocycles. The molecule has 0 saturated carbocycles. The van der Waals surface area contributed by atoms with Crippen LogP contribution < -0.4 is 5.32 Å². The zero-order valence-electron chi connectivity index (χ0n) is 9.76. The first-order chi connectivity index (χ1) is 8.66. The first kappa shape index (κ1) is 13.0. The fourth-order valence-electron chi connectivity index (χ4n) is 1.93. The molecule has 0 spiro atoms. The van der Waals surface area contributed by atoms with Crippen molar-refractivity contribution in [3.63, 3.8) is 0 Å². The highest BCUT2D eigenvalue weighted by Gasteiger charge is 2.18. The average molecular weight is 272 g/mol. The van der Waals surface area contributed by atoms with Crippen LogP contribution in [0.25, 0.3) is 0 Å². The summed E-state index contributed by atoms with van der Waals surface area (Å²) in [7, 11) is 0. The number of anilines is 1. The zero-order valence-corrected chi connectivity index (χ0v) is 10.5. The maximum atomic E-state index is 10.8. The molecule has 0 amide bonds. The number of aromatic nitrogens is 1. The first-order valence-corrected chi connectivity index (χ1v) is 6.21. The van der Waals surface area contributed by atoms with Gasteiger partial charge in [0.2, 0.25) is 5.82 Å². The average Bonchev–Trinajstić information content (AvgIpc) is 2.82. The Hall–Kier alpha value is -1.40. The molecule has 18 heavy (non-hydrogen) atoms. The molecule has 1 aromatic heterocycles. The lowest BCUT2D eigenvalue weighted by Crippen LogP contribution is -2.13. The summed E-state index contributed by atoms with van der Waals surface area (Å²) in [5.41, 5.74) is -0.0632. The van der Waals surface area contributed by atoms with Gasteiger partial charge in [-0.05, 0) is 25.3 Å². The van der Waals surface area contributed by atoms with Crippen LogP contribution >= 0.6 is 11.6 Å². The standard InChI is InChI=1S/C11H14ClN3O3/c12-10-4-3-9(15(16)17)11(14-10)13-6-5-8-2-1-7-18-8/h3-4,8H,1-2,5-7H2,(H,13,14). The van der Waals surface area contributed by atoms with Crippen molar-refractivity contribution >= 4 is 23.1 Å².